The Balaban J connectivity index is 2.71. The van der Waals surface area contributed by atoms with E-state index >= 15 is 0 Å². The Morgan fingerprint density at radius 2 is 2.07 bits per heavy atom. The average Bonchev–Trinajstić information content (AvgIpc) is 2.47. The van der Waals surface area contributed by atoms with Gasteiger partial charge in [0.1, 0.15) is 5.75 Å². The lowest BCUT2D eigenvalue weighted by Gasteiger charge is -2.20. The van der Waals surface area contributed by atoms with Crippen molar-refractivity contribution in [1.29, 1.82) is 0 Å². The van der Waals surface area contributed by atoms with Gasteiger partial charge in [-0.25, -0.2) is 0 Å². The number of aromatic amines is 1. The molecule has 3 nitrogen and oxygen atoms in total. The van der Waals surface area contributed by atoms with Crippen LogP contribution in [0.2, 0.25) is 0 Å². The molecule has 0 spiro atoms. The molecule has 1 aromatic carbocycles. The molecule has 1 aromatic heterocycles. The Morgan fingerprint density at radius 1 is 1.36 bits per heavy atom. The van der Waals surface area contributed by atoms with E-state index in [1.807, 2.05) is 32.2 Å². The summed E-state index contributed by atoms with van der Waals surface area (Å²) in [6, 6.07) is 5.54. The van der Waals surface area contributed by atoms with Gasteiger partial charge in [0.05, 0.1) is 0 Å². The van der Waals surface area contributed by atoms with Crippen LogP contribution in [0.3, 0.4) is 0 Å². The number of nitrogens with two attached hydrogens (primary N) is 1. The second-order valence-corrected chi connectivity index (χ2v) is 4.16. The first-order chi connectivity index (χ1) is 6.48. The van der Waals surface area contributed by atoms with E-state index in [0.717, 1.165) is 16.5 Å². The maximum atomic E-state index is 9.77. The number of aromatic hydroxyl groups is 1. The standard InChI is InChI=1S/C11H14N2O/c1-11(2,12)8-6-9-7(3-4-13-9)5-10(8)14/h3-6,13-14H,12H2,1-2H3. The van der Waals surface area contributed by atoms with Gasteiger partial charge in [-0.05, 0) is 32.0 Å². The van der Waals surface area contributed by atoms with E-state index in [4.69, 9.17) is 5.73 Å². The van der Waals surface area contributed by atoms with E-state index in [1.165, 1.54) is 0 Å². The Labute approximate surface area is 82.6 Å². The third kappa shape index (κ3) is 1.36. The number of phenolic OH excluding ortho intramolecular Hbond substituents is 1. The topological polar surface area (TPSA) is 62.0 Å². The first kappa shape index (κ1) is 9.09. The summed E-state index contributed by atoms with van der Waals surface area (Å²) in [5.74, 6) is 0.254. The Kier molecular flexibility index (Phi) is 1.79. The number of benzene rings is 1. The molecule has 0 atom stereocenters. The molecular formula is C11H14N2O. The molecule has 14 heavy (non-hydrogen) atoms. The number of phenols is 1. The van der Waals surface area contributed by atoms with Crippen molar-refractivity contribution in [2.45, 2.75) is 19.4 Å². The van der Waals surface area contributed by atoms with Gasteiger partial charge in [0.2, 0.25) is 0 Å². The van der Waals surface area contributed by atoms with Crippen molar-refractivity contribution < 1.29 is 5.11 Å². The van der Waals surface area contributed by atoms with Crippen LogP contribution >= 0.6 is 0 Å². The van der Waals surface area contributed by atoms with E-state index in [0.29, 0.717) is 0 Å². The van der Waals surface area contributed by atoms with E-state index in [-0.39, 0.29) is 5.75 Å². The van der Waals surface area contributed by atoms with Crippen molar-refractivity contribution >= 4 is 10.9 Å². The lowest BCUT2D eigenvalue weighted by atomic mass is 9.94. The molecule has 2 rings (SSSR count). The van der Waals surface area contributed by atoms with Crippen molar-refractivity contribution in [1.82, 2.24) is 4.98 Å². The van der Waals surface area contributed by atoms with Crippen LogP contribution in [0.5, 0.6) is 5.75 Å². The number of fused-ring (bicyclic) bond motifs is 1. The van der Waals surface area contributed by atoms with Gasteiger partial charge >= 0.3 is 0 Å². The molecule has 1 heterocycles. The molecule has 0 fully saturated rings. The predicted molar refractivity (Wildman–Crippen MR) is 57.2 cm³/mol. The minimum atomic E-state index is -0.524. The zero-order chi connectivity index (χ0) is 10.3. The minimum Gasteiger partial charge on any atom is -0.508 e. The third-order valence-corrected chi connectivity index (χ3v) is 2.36. The molecule has 74 valence electrons. The highest BCUT2D eigenvalue weighted by Crippen LogP contribution is 2.30. The van der Waals surface area contributed by atoms with Crippen LogP contribution < -0.4 is 5.73 Å². The van der Waals surface area contributed by atoms with Gasteiger partial charge in [-0.15, -0.1) is 0 Å². The van der Waals surface area contributed by atoms with Crippen LogP contribution in [0, 0.1) is 0 Å². The Morgan fingerprint density at radius 3 is 2.71 bits per heavy atom. The summed E-state index contributed by atoms with van der Waals surface area (Å²) in [6.45, 7) is 3.74. The second-order valence-electron chi connectivity index (χ2n) is 4.16. The summed E-state index contributed by atoms with van der Waals surface area (Å²) in [6.07, 6.45) is 1.84. The molecular weight excluding hydrogens is 176 g/mol. The fourth-order valence-corrected chi connectivity index (χ4v) is 1.60. The second kappa shape index (κ2) is 2.75. The summed E-state index contributed by atoms with van der Waals surface area (Å²) in [5.41, 5.74) is 7.17. The summed E-state index contributed by atoms with van der Waals surface area (Å²) >= 11 is 0. The van der Waals surface area contributed by atoms with Crippen LogP contribution in [0.15, 0.2) is 24.4 Å². The predicted octanol–water partition coefficient (Wildman–Crippen LogP) is 2.07. The van der Waals surface area contributed by atoms with E-state index in [9.17, 15) is 5.11 Å². The Hall–Kier alpha value is -1.48. The number of hydrogen-bond acceptors (Lipinski definition) is 2. The number of aromatic nitrogens is 1. The molecule has 2 aromatic rings. The molecule has 0 bridgehead atoms. The summed E-state index contributed by atoms with van der Waals surface area (Å²) < 4.78 is 0. The van der Waals surface area contributed by atoms with E-state index < -0.39 is 5.54 Å². The zero-order valence-electron chi connectivity index (χ0n) is 8.33. The monoisotopic (exact) mass is 190 g/mol. The highest BCUT2D eigenvalue weighted by Gasteiger charge is 2.19. The number of rotatable bonds is 1. The summed E-state index contributed by atoms with van der Waals surface area (Å²) in [5, 5.41) is 10.8. The lowest BCUT2D eigenvalue weighted by molar-refractivity contribution is 0.441. The Bertz CT molecular complexity index is 466. The lowest BCUT2D eigenvalue weighted by Crippen LogP contribution is -2.28. The molecule has 0 unspecified atom stereocenters. The van der Waals surface area contributed by atoms with Crippen LogP contribution in [0.25, 0.3) is 10.9 Å². The molecule has 0 amide bonds. The summed E-state index contributed by atoms with van der Waals surface area (Å²) in [7, 11) is 0. The first-order valence-electron chi connectivity index (χ1n) is 4.58. The van der Waals surface area contributed by atoms with E-state index in [1.54, 1.807) is 6.07 Å². The van der Waals surface area contributed by atoms with Gasteiger partial charge in [0.15, 0.2) is 0 Å². The molecule has 0 saturated heterocycles. The number of hydrogen-bond donors (Lipinski definition) is 3. The van der Waals surface area contributed by atoms with Crippen molar-refractivity contribution in [2.75, 3.05) is 0 Å². The SMILES string of the molecule is CC(C)(N)c1cc2[nH]ccc2cc1O. The first-order valence-corrected chi connectivity index (χ1v) is 4.58. The minimum absolute atomic E-state index is 0.254. The maximum Gasteiger partial charge on any atom is 0.121 e. The zero-order valence-corrected chi connectivity index (χ0v) is 8.33. The number of nitrogens with one attached hydrogen (secondary N) is 1. The molecule has 4 N–H and O–H groups in total. The largest absolute Gasteiger partial charge is 0.508 e. The quantitative estimate of drug-likeness (QED) is 0.644. The summed E-state index contributed by atoms with van der Waals surface area (Å²) in [4.78, 5) is 3.09. The van der Waals surface area contributed by atoms with E-state index in [2.05, 4.69) is 4.98 Å². The highest BCUT2D eigenvalue weighted by atomic mass is 16.3. The van der Waals surface area contributed by atoms with Crippen molar-refractivity contribution in [3.8, 4) is 5.75 Å². The fourth-order valence-electron chi connectivity index (χ4n) is 1.60. The van der Waals surface area contributed by atoms with Crippen LogP contribution in [-0.4, -0.2) is 10.1 Å². The van der Waals surface area contributed by atoms with Gasteiger partial charge in [-0.2, -0.15) is 0 Å². The van der Waals surface area contributed by atoms with Gasteiger partial charge in [-0.3, -0.25) is 0 Å². The molecule has 3 heteroatoms. The van der Waals surface area contributed by atoms with Gasteiger partial charge in [0, 0.05) is 28.2 Å². The van der Waals surface area contributed by atoms with Gasteiger partial charge in [0.25, 0.3) is 0 Å². The molecule has 0 radical (unpaired) electrons. The molecule has 0 aliphatic heterocycles. The molecule has 0 aliphatic carbocycles. The maximum absolute atomic E-state index is 9.77. The van der Waals surface area contributed by atoms with Crippen LogP contribution in [0.1, 0.15) is 19.4 Å². The van der Waals surface area contributed by atoms with Crippen LogP contribution in [0.4, 0.5) is 0 Å². The molecule has 0 saturated carbocycles. The van der Waals surface area contributed by atoms with Crippen molar-refractivity contribution in [2.24, 2.45) is 5.73 Å². The van der Waals surface area contributed by atoms with Crippen molar-refractivity contribution in [3.05, 3.63) is 30.0 Å². The molecule has 0 aliphatic rings. The average molecular weight is 190 g/mol. The number of H-pyrrole nitrogens is 1. The fraction of sp³-hybridized carbons (Fsp3) is 0.273. The van der Waals surface area contributed by atoms with Crippen molar-refractivity contribution in [3.63, 3.8) is 0 Å². The highest BCUT2D eigenvalue weighted by molar-refractivity contribution is 5.82. The van der Waals surface area contributed by atoms with Gasteiger partial charge in [-0.1, -0.05) is 0 Å². The van der Waals surface area contributed by atoms with Crippen LogP contribution in [-0.2, 0) is 5.54 Å². The normalized spacial score (nSPS) is 12.2. The smallest absolute Gasteiger partial charge is 0.121 e. The third-order valence-electron chi connectivity index (χ3n) is 2.36. The van der Waals surface area contributed by atoms with Gasteiger partial charge < -0.3 is 15.8 Å².